The Bertz CT molecular complexity index is 909. The summed E-state index contributed by atoms with van der Waals surface area (Å²) in [5.41, 5.74) is 4.50. The molecule has 1 amide bonds. The van der Waals surface area contributed by atoms with E-state index in [1.165, 1.54) is 6.07 Å². The molecule has 116 valence electrons. The van der Waals surface area contributed by atoms with Crippen LogP contribution in [-0.2, 0) is 6.54 Å². The number of nitrogens with one attached hydrogen (secondary N) is 1. The number of amides is 1. The van der Waals surface area contributed by atoms with Gasteiger partial charge in [0.25, 0.3) is 5.91 Å². The van der Waals surface area contributed by atoms with Crippen LogP contribution in [0.4, 0.5) is 4.39 Å². The maximum Gasteiger partial charge on any atom is 0.267 e. The largest absolute Gasteiger partial charge is 0.351 e. The molecule has 0 saturated heterocycles. The smallest absolute Gasteiger partial charge is 0.267 e. The molecule has 1 aliphatic heterocycles. The first-order valence-electron chi connectivity index (χ1n) is 7.81. The van der Waals surface area contributed by atoms with Crippen LogP contribution < -0.4 is 5.32 Å². The number of benzene rings is 2. The molecule has 2 aromatic carbocycles. The summed E-state index contributed by atoms with van der Waals surface area (Å²) in [5.74, 6) is -0.372. The van der Waals surface area contributed by atoms with E-state index in [2.05, 4.69) is 5.32 Å². The van der Waals surface area contributed by atoms with Gasteiger partial charge in [-0.25, -0.2) is 4.39 Å². The number of hydrogen-bond acceptors (Lipinski definition) is 1. The van der Waals surface area contributed by atoms with Crippen LogP contribution in [0.2, 0.25) is 0 Å². The number of carbonyl (C=O) groups excluding carboxylic acids is 1. The fourth-order valence-corrected chi connectivity index (χ4v) is 3.28. The maximum absolute atomic E-state index is 14.1. The van der Waals surface area contributed by atoms with Crippen LogP contribution in [0.3, 0.4) is 0 Å². The fraction of sp³-hybridized carbons (Fsp3) is 0.211. The first-order chi connectivity index (χ1) is 11.1. The van der Waals surface area contributed by atoms with Crippen molar-refractivity contribution >= 4 is 16.8 Å². The lowest BCUT2D eigenvalue weighted by atomic mass is 10.0. The molecule has 0 radical (unpaired) electrons. The zero-order valence-corrected chi connectivity index (χ0v) is 12.9. The quantitative estimate of drug-likeness (QED) is 0.727. The Hall–Kier alpha value is -2.62. The Kier molecular flexibility index (Phi) is 3.18. The van der Waals surface area contributed by atoms with Crippen LogP contribution in [0.1, 0.15) is 22.5 Å². The molecule has 1 aliphatic rings. The molecule has 1 aromatic heterocycles. The Morgan fingerprint density at radius 3 is 2.70 bits per heavy atom. The van der Waals surface area contributed by atoms with E-state index >= 15 is 0 Å². The highest BCUT2D eigenvalue weighted by Crippen LogP contribution is 2.33. The van der Waals surface area contributed by atoms with Gasteiger partial charge in [0.2, 0.25) is 0 Å². The molecular weight excluding hydrogens is 291 g/mol. The van der Waals surface area contributed by atoms with Crippen molar-refractivity contribution in [1.29, 1.82) is 0 Å². The zero-order valence-electron chi connectivity index (χ0n) is 12.9. The molecule has 2 heterocycles. The summed E-state index contributed by atoms with van der Waals surface area (Å²) in [6.07, 6.45) is 0.868. The predicted octanol–water partition coefficient (Wildman–Crippen LogP) is 3.89. The van der Waals surface area contributed by atoms with E-state index in [9.17, 15) is 9.18 Å². The van der Waals surface area contributed by atoms with Crippen LogP contribution in [-0.4, -0.2) is 17.0 Å². The monoisotopic (exact) mass is 308 g/mol. The Balaban J connectivity index is 2.03. The molecule has 4 heteroatoms. The second-order valence-electron chi connectivity index (χ2n) is 6.05. The maximum atomic E-state index is 14.1. The van der Waals surface area contributed by atoms with Crippen molar-refractivity contribution in [2.45, 2.75) is 19.9 Å². The number of rotatable bonds is 1. The Morgan fingerprint density at radius 1 is 1.13 bits per heavy atom. The highest BCUT2D eigenvalue weighted by Gasteiger charge is 2.21. The summed E-state index contributed by atoms with van der Waals surface area (Å²) in [6.45, 7) is 3.45. The third kappa shape index (κ3) is 2.31. The number of aryl methyl sites for hydroxylation is 2. The molecular formula is C19H17FN2O. The van der Waals surface area contributed by atoms with Crippen molar-refractivity contribution in [3.05, 3.63) is 59.5 Å². The number of carbonyl (C=O) groups is 1. The van der Waals surface area contributed by atoms with Gasteiger partial charge >= 0.3 is 0 Å². The molecule has 0 atom stereocenters. The van der Waals surface area contributed by atoms with Crippen LogP contribution in [0.15, 0.2) is 42.5 Å². The van der Waals surface area contributed by atoms with Gasteiger partial charge in [-0.1, -0.05) is 29.8 Å². The van der Waals surface area contributed by atoms with Gasteiger partial charge in [-0.05, 0) is 37.1 Å². The first kappa shape index (κ1) is 14.0. The third-order valence-corrected chi connectivity index (χ3v) is 4.40. The van der Waals surface area contributed by atoms with E-state index in [0.29, 0.717) is 12.2 Å². The van der Waals surface area contributed by atoms with Crippen LogP contribution >= 0.6 is 0 Å². The third-order valence-electron chi connectivity index (χ3n) is 4.40. The highest BCUT2D eigenvalue weighted by molar-refractivity contribution is 6.03. The molecule has 0 bridgehead atoms. The van der Waals surface area contributed by atoms with Gasteiger partial charge in [0, 0.05) is 24.0 Å². The predicted molar refractivity (Wildman–Crippen MR) is 89.0 cm³/mol. The fourth-order valence-electron chi connectivity index (χ4n) is 3.28. The SMILES string of the molecule is Cc1ccc(-c2cc(F)cc3cc4n(c23)CCCNC4=O)cc1. The molecule has 0 aliphatic carbocycles. The lowest BCUT2D eigenvalue weighted by Crippen LogP contribution is -2.22. The summed E-state index contributed by atoms with van der Waals surface area (Å²) in [7, 11) is 0. The van der Waals surface area contributed by atoms with Gasteiger partial charge in [-0.2, -0.15) is 0 Å². The molecule has 23 heavy (non-hydrogen) atoms. The minimum atomic E-state index is -0.283. The van der Waals surface area contributed by atoms with Crippen LogP contribution in [0.25, 0.3) is 22.0 Å². The van der Waals surface area contributed by atoms with E-state index in [1.54, 1.807) is 12.1 Å². The molecule has 0 unspecified atom stereocenters. The zero-order chi connectivity index (χ0) is 16.0. The summed E-state index contributed by atoms with van der Waals surface area (Å²) >= 11 is 0. The van der Waals surface area contributed by atoms with Gasteiger partial charge in [0.05, 0.1) is 5.52 Å². The second-order valence-corrected chi connectivity index (χ2v) is 6.05. The lowest BCUT2D eigenvalue weighted by Gasteiger charge is -2.11. The standard InChI is InChI=1S/C19H17FN2O/c1-12-3-5-13(6-4-12)16-11-15(20)9-14-10-17-19(23)21-7-2-8-22(17)18(14)16/h3-6,9-11H,2,7-8H2,1H3,(H,21,23). The number of hydrogen-bond donors (Lipinski definition) is 1. The van der Waals surface area contributed by atoms with Gasteiger partial charge in [-0.15, -0.1) is 0 Å². The number of aromatic nitrogens is 1. The van der Waals surface area contributed by atoms with E-state index < -0.39 is 0 Å². The number of halogens is 1. The molecule has 1 N–H and O–H groups in total. The Morgan fingerprint density at radius 2 is 1.91 bits per heavy atom. The van der Waals surface area contributed by atoms with Gasteiger partial charge in [-0.3, -0.25) is 4.79 Å². The van der Waals surface area contributed by atoms with Crippen molar-refractivity contribution in [3.63, 3.8) is 0 Å². The molecule has 0 saturated carbocycles. The van der Waals surface area contributed by atoms with Crippen LogP contribution in [0, 0.1) is 12.7 Å². The minimum Gasteiger partial charge on any atom is -0.351 e. The first-order valence-corrected chi connectivity index (χ1v) is 7.81. The minimum absolute atomic E-state index is 0.0889. The van der Waals surface area contributed by atoms with Gasteiger partial charge in [0.1, 0.15) is 11.5 Å². The van der Waals surface area contributed by atoms with Crippen molar-refractivity contribution in [2.75, 3.05) is 6.54 Å². The topological polar surface area (TPSA) is 34.0 Å². The average molecular weight is 308 g/mol. The molecule has 0 spiro atoms. The van der Waals surface area contributed by atoms with Crippen molar-refractivity contribution < 1.29 is 9.18 Å². The number of nitrogens with zero attached hydrogens (tertiary/aromatic N) is 1. The van der Waals surface area contributed by atoms with Crippen LogP contribution in [0.5, 0.6) is 0 Å². The average Bonchev–Trinajstić information content (AvgIpc) is 2.80. The van der Waals surface area contributed by atoms with E-state index in [0.717, 1.165) is 40.6 Å². The summed E-state index contributed by atoms with van der Waals surface area (Å²) in [4.78, 5) is 12.2. The molecule has 0 fully saturated rings. The summed E-state index contributed by atoms with van der Waals surface area (Å²) in [5, 5.41) is 3.66. The highest BCUT2D eigenvalue weighted by atomic mass is 19.1. The van der Waals surface area contributed by atoms with E-state index in [4.69, 9.17) is 0 Å². The van der Waals surface area contributed by atoms with E-state index in [-0.39, 0.29) is 11.7 Å². The molecule has 3 aromatic rings. The van der Waals surface area contributed by atoms with Gasteiger partial charge in [0.15, 0.2) is 0 Å². The second kappa shape index (κ2) is 5.23. The van der Waals surface area contributed by atoms with Crippen molar-refractivity contribution in [3.8, 4) is 11.1 Å². The van der Waals surface area contributed by atoms with Gasteiger partial charge < -0.3 is 9.88 Å². The molecule has 4 rings (SSSR count). The molecule has 3 nitrogen and oxygen atoms in total. The summed E-state index contributed by atoms with van der Waals surface area (Å²) < 4.78 is 16.1. The lowest BCUT2D eigenvalue weighted by molar-refractivity contribution is 0.0951. The van der Waals surface area contributed by atoms with Crippen molar-refractivity contribution in [1.82, 2.24) is 9.88 Å². The van der Waals surface area contributed by atoms with Crippen molar-refractivity contribution in [2.24, 2.45) is 0 Å². The Labute approximate surface area is 133 Å². The normalized spacial score (nSPS) is 14.4. The van der Waals surface area contributed by atoms with E-state index in [1.807, 2.05) is 35.8 Å². The number of fused-ring (bicyclic) bond motifs is 3. The summed E-state index contributed by atoms with van der Waals surface area (Å²) in [6, 6.07) is 12.9.